The van der Waals surface area contributed by atoms with E-state index in [9.17, 15) is 29.7 Å². The molecule has 0 aromatic heterocycles. The second kappa shape index (κ2) is 13.2. The highest BCUT2D eigenvalue weighted by molar-refractivity contribution is 5.93. The summed E-state index contributed by atoms with van der Waals surface area (Å²) in [4.78, 5) is 39.4. The topological polar surface area (TPSA) is 226 Å². The molecule has 1 aliphatic rings. The number of aliphatic hydroxyl groups excluding tert-OH is 1. The zero-order chi connectivity index (χ0) is 27.8. The Morgan fingerprint density at radius 1 is 0.974 bits per heavy atom. The van der Waals surface area contributed by atoms with E-state index in [1.54, 1.807) is 24.3 Å². The van der Waals surface area contributed by atoms with Gasteiger partial charge in [0.05, 0.1) is 18.7 Å². The predicted molar refractivity (Wildman–Crippen MR) is 141 cm³/mol. The summed E-state index contributed by atoms with van der Waals surface area (Å²) < 4.78 is 0. The minimum atomic E-state index is -1.17. The molecule has 0 aliphatic carbocycles. The van der Waals surface area contributed by atoms with Crippen molar-refractivity contribution in [3.63, 3.8) is 0 Å². The van der Waals surface area contributed by atoms with Crippen molar-refractivity contribution in [2.75, 3.05) is 19.7 Å². The summed E-state index contributed by atoms with van der Waals surface area (Å²) in [6.45, 7) is -0.161. The van der Waals surface area contributed by atoms with Crippen LogP contribution in [-0.4, -0.2) is 76.9 Å². The Morgan fingerprint density at radius 2 is 1.58 bits per heavy atom. The van der Waals surface area contributed by atoms with Gasteiger partial charge in [0.25, 0.3) is 0 Å². The molecule has 12 heteroatoms. The number of phenols is 2. The van der Waals surface area contributed by atoms with Gasteiger partial charge in [-0.05, 0) is 65.9 Å². The molecule has 0 fully saturated rings. The van der Waals surface area contributed by atoms with E-state index in [2.05, 4.69) is 16.0 Å². The highest BCUT2D eigenvalue weighted by Crippen LogP contribution is 2.30. The molecule has 2 aromatic carbocycles. The quantitative estimate of drug-likeness (QED) is 0.200. The Labute approximate surface area is 220 Å². The number of rotatable bonds is 7. The Bertz CT molecular complexity index is 1160. The molecule has 3 rings (SSSR count). The number of nitrogens with two attached hydrogens (primary N) is 3. The van der Waals surface area contributed by atoms with E-state index < -0.39 is 48.5 Å². The fourth-order valence-electron chi connectivity index (χ4n) is 4.24. The number of hydrogen-bond donors (Lipinski definition) is 9. The molecule has 206 valence electrons. The van der Waals surface area contributed by atoms with E-state index in [0.717, 1.165) is 0 Å². The molecule has 4 atom stereocenters. The number of fused-ring (bicyclic) bond motifs is 5. The van der Waals surface area contributed by atoms with Crippen molar-refractivity contribution in [1.82, 2.24) is 16.0 Å². The van der Waals surface area contributed by atoms with E-state index in [1.165, 1.54) is 12.1 Å². The molecule has 0 saturated heterocycles. The first-order chi connectivity index (χ1) is 18.2. The van der Waals surface area contributed by atoms with Crippen LogP contribution in [0.3, 0.4) is 0 Å². The van der Waals surface area contributed by atoms with Gasteiger partial charge in [0.2, 0.25) is 17.7 Å². The Hall–Kier alpha value is -3.71. The predicted octanol–water partition coefficient (Wildman–Crippen LogP) is -1.66. The number of hydrogen-bond acceptors (Lipinski definition) is 9. The largest absolute Gasteiger partial charge is 0.508 e. The highest BCUT2D eigenvalue weighted by atomic mass is 16.3. The average molecular weight is 529 g/mol. The van der Waals surface area contributed by atoms with Crippen LogP contribution in [0.5, 0.6) is 11.5 Å². The molecule has 1 aliphatic heterocycles. The summed E-state index contributed by atoms with van der Waals surface area (Å²) in [6.07, 6.45) is 0.519. The molecule has 2 aromatic rings. The van der Waals surface area contributed by atoms with Crippen LogP contribution in [0.1, 0.15) is 24.0 Å². The number of aliphatic hydroxyl groups is 1. The number of nitrogens with one attached hydrogen (secondary N) is 3. The van der Waals surface area contributed by atoms with Gasteiger partial charge in [-0.2, -0.15) is 0 Å². The number of amides is 3. The van der Waals surface area contributed by atoms with Gasteiger partial charge in [-0.1, -0.05) is 12.1 Å². The molecule has 4 bridgehead atoms. The maximum absolute atomic E-state index is 13.3. The molecular weight excluding hydrogens is 492 g/mol. The first-order valence-electron chi connectivity index (χ1n) is 12.5. The maximum Gasteiger partial charge on any atom is 0.243 e. The van der Waals surface area contributed by atoms with Gasteiger partial charge < -0.3 is 48.5 Å². The normalized spacial score (nSPS) is 20.9. The van der Waals surface area contributed by atoms with Crippen molar-refractivity contribution in [3.8, 4) is 22.6 Å². The average Bonchev–Trinajstić information content (AvgIpc) is 2.90. The molecule has 0 saturated carbocycles. The minimum absolute atomic E-state index is 0.00828. The third-order valence-corrected chi connectivity index (χ3v) is 6.51. The Kier molecular flexibility index (Phi) is 10.0. The lowest BCUT2D eigenvalue weighted by Gasteiger charge is -2.25. The van der Waals surface area contributed by atoms with Crippen molar-refractivity contribution in [3.05, 3.63) is 47.5 Å². The molecule has 38 heavy (non-hydrogen) atoms. The van der Waals surface area contributed by atoms with Crippen molar-refractivity contribution >= 4 is 17.7 Å². The third kappa shape index (κ3) is 7.19. The number of carbonyl (C=O) groups excluding carboxylic acids is 3. The summed E-state index contributed by atoms with van der Waals surface area (Å²) in [6, 6.07) is 5.68. The lowest BCUT2D eigenvalue weighted by atomic mass is 9.95. The summed E-state index contributed by atoms with van der Waals surface area (Å²) >= 11 is 0. The second-order valence-electron chi connectivity index (χ2n) is 9.38. The number of carbonyl (C=O) groups is 3. The fraction of sp³-hybridized carbons (Fsp3) is 0.423. The van der Waals surface area contributed by atoms with E-state index in [0.29, 0.717) is 28.7 Å². The van der Waals surface area contributed by atoms with E-state index in [1.807, 2.05) is 0 Å². The van der Waals surface area contributed by atoms with Gasteiger partial charge in [-0.3, -0.25) is 14.4 Å². The van der Waals surface area contributed by atoms with Gasteiger partial charge >= 0.3 is 0 Å². The lowest BCUT2D eigenvalue weighted by molar-refractivity contribution is -0.132. The molecule has 3 amide bonds. The number of benzene rings is 2. The van der Waals surface area contributed by atoms with Crippen LogP contribution < -0.4 is 33.2 Å². The van der Waals surface area contributed by atoms with Crippen molar-refractivity contribution in [2.45, 2.75) is 49.9 Å². The number of phenolic OH excluding ortho intramolecular Hbond substituents is 2. The van der Waals surface area contributed by atoms with E-state index >= 15 is 0 Å². The van der Waals surface area contributed by atoms with Gasteiger partial charge in [0, 0.05) is 19.4 Å². The molecule has 0 spiro atoms. The van der Waals surface area contributed by atoms with Crippen LogP contribution in [-0.2, 0) is 27.2 Å². The maximum atomic E-state index is 13.3. The number of aromatic hydroxyl groups is 2. The molecular formula is C26H36N6O6. The second-order valence-corrected chi connectivity index (χ2v) is 9.38. The first kappa shape index (κ1) is 28.9. The fourth-order valence-corrected chi connectivity index (χ4v) is 4.24. The summed E-state index contributed by atoms with van der Waals surface area (Å²) in [5.74, 6) is -1.99. The van der Waals surface area contributed by atoms with Crippen molar-refractivity contribution in [1.29, 1.82) is 0 Å². The zero-order valence-electron chi connectivity index (χ0n) is 21.0. The van der Waals surface area contributed by atoms with Gasteiger partial charge in [-0.15, -0.1) is 0 Å². The van der Waals surface area contributed by atoms with Crippen LogP contribution in [0.2, 0.25) is 0 Å². The van der Waals surface area contributed by atoms with Crippen molar-refractivity contribution in [2.24, 2.45) is 17.2 Å². The van der Waals surface area contributed by atoms with Gasteiger partial charge in [0.1, 0.15) is 23.6 Å². The first-order valence-corrected chi connectivity index (χ1v) is 12.5. The van der Waals surface area contributed by atoms with Crippen LogP contribution in [0.4, 0.5) is 0 Å². The SMILES string of the molecule is NCCC[C@@H]1NC(=O)[C@@H](N)Cc2cc(ccc2O)-c2ccc(O)c(c2)C[C@@H](C(=O)N[C@@H](CN)CO)NC1=O. The van der Waals surface area contributed by atoms with Crippen LogP contribution >= 0.6 is 0 Å². The van der Waals surface area contributed by atoms with Crippen molar-refractivity contribution < 1.29 is 29.7 Å². The smallest absolute Gasteiger partial charge is 0.243 e. The van der Waals surface area contributed by atoms with Crippen LogP contribution in [0, 0.1) is 0 Å². The van der Waals surface area contributed by atoms with E-state index in [-0.39, 0.29) is 43.9 Å². The molecule has 12 nitrogen and oxygen atoms in total. The van der Waals surface area contributed by atoms with Crippen LogP contribution in [0.15, 0.2) is 36.4 Å². The monoisotopic (exact) mass is 528 g/mol. The molecule has 0 radical (unpaired) electrons. The Morgan fingerprint density at radius 3 is 2.13 bits per heavy atom. The van der Waals surface area contributed by atoms with Crippen LogP contribution in [0.25, 0.3) is 11.1 Å². The lowest BCUT2D eigenvalue weighted by Crippen LogP contribution is -2.58. The van der Waals surface area contributed by atoms with E-state index in [4.69, 9.17) is 17.2 Å². The highest BCUT2D eigenvalue weighted by Gasteiger charge is 2.30. The van der Waals surface area contributed by atoms with Gasteiger partial charge in [-0.25, -0.2) is 0 Å². The molecule has 1 heterocycles. The molecule has 0 unspecified atom stereocenters. The standard InChI is InChI=1S/C26H36N6O6/c27-7-1-2-20-25(37)32-21(26(38)30-18(12-28)13-33)11-17-9-15(4-6-23(17)35)14-3-5-22(34)16(8-14)10-19(29)24(36)31-20/h3-6,8-9,18-21,33-35H,1-2,7,10-13,27-29H2,(H,30,38)(H,31,36)(H,32,37)/t18-,19-,20-,21-/m0/s1. The molecule has 12 N–H and O–H groups in total. The minimum Gasteiger partial charge on any atom is -0.508 e. The third-order valence-electron chi connectivity index (χ3n) is 6.51. The summed E-state index contributed by atoms with van der Waals surface area (Å²) in [5.41, 5.74) is 19.5. The zero-order valence-corrected chi connectivity index (χ0v) is 21.0. The summed E-state index contributed by atoms with van der Waals surface area (Å²) in [7, 11) is 0. The van der Waals surface area contributed by atoms with Gasteiger partial charge in [0.15, 0.2) is 0 Å². The Balaban J connectivity index is 2.08. The summed E-state index contributed by atoms with van der Waals surface area (Å²) in [5, 5.41) is 38.4.